The number of hydrogen-bond acceptors (Lipinski definition) is 9. The van der Waals surface area contributed by atoms with Crippen molar-refractivity contribution in [2.75, 3.05) is 13.2 Å². The van der Waals surface area contributed by atoms with Crippen molar-refractivity contribution >= 4 is 44.7 Å². The van der Waals surface area contributed by atoms with E-state index in [4.69, 9.17) is 9.47 Å². The van der Waals surface area contributed by atoms with Crippen LogP contribution in [0.25, 0.3) is 0 Å². The zero-order valence-electron chi connectivity index (χ0n) is 26.1. The maximum Gasteiger partial charge on any atom is 0.344 e. The molecule has 1 unspecified atom stereocenters. The standard InChI is InChI=1S/C33H39N3O8S2/c1-23(37)35-29(45-32(40)26-13-9-6-10-14-26)20-34-31(39)28(36-46(41,42)22-25-11-7-5-8-12-25)19-24-15-17-27(18-16-24)43-21-30(38)44-33(2,3)4/h5-18,28-29,36H,19-22H2,1-4H3,(H,34,39)(H,35,37)/t28-,29?/m0/s1. The van der Waals surface area contributed by atoms with Crippen LogP contribution in [-0.2, 0) is 41.3 Å². The van der Waals surface area contributed by atoms with E-state index >= 15 is 0 Å². The average Bonchev–Trinajstić information content (AvgIpc) is 2.98. The molecule has 0 aliphatic carbocycles. The van der Waals surface area contributed by atoms with Gasteiger partial charge in [0.1, 0.15) is 17.4 Å². The first-order valence-electron chi connectivity index (χ1n) is 14.5. The third kappa shape index (κ3) is 13.4. The molecule has 11 nitrogen and oxygen atoms in total. The van der Waals surface area contributed by atoms with Gasteiger partial charge in [0, 0.05) is 19.0 Å². The van der Waals surface area contributed by atoms with Gasteiger partial charge in [-0.1, -0.05) is 84.6 Å². The number of rotatable bonds is 15. The molecule has 3 N–H and O–H groups in total. The summed E-state index contributed by atoms with van der Waals surface area (Å²) < 4.78 is 39.5. The fraction of sp³-hybridized carbons (Fsp3) is 0.333. The molecule has 13 heteroatoms. The van der Waals surface area contributed by atoms with Crippen molar-refractivity contribution in [3.63, 3.8) is 0 Å². The molecule has 46 heavy (non-hydrogen) atoms. The van der Waals surface area contributed by atoms with Gasteiger partial charge in [0.25, 0.3) is 0 Å². The molecule has 0 aliphatic heterocycles. The first kappa shape index (κ1) is 36.3. The van der Waals surface area contributed by atoms with Crippen molar-refractivity contribution in [1.82, 2.24) is 15.4 Å². The number of amides is 2. The first-order valence-corrected chi connectivity index (χ1v) is 17.0. The molecular weight excluding hydrogens is 631 g/mol. The second-order valence-electron chi connectivity index (χ2n) is 11.3. The topological polar surface area (TPSA) is 157 Å². The van der Waals surface area contributed by atoms with E-state index in [0.29, 0.717) is 22.4 Å². The summed E-state index contributed by atoms with van der Waals surface area (Å²) >= 11 is 0.839. The van der Waals surface area contributed by atoms with E-state index in [-0.39, 0.29) is 30.4 Å². The van der Waals surface area contributed by atoms with E-state index < -0.39 is 44.8 Å². The number of hydrogen-bond donors (Lipinski definition) is 3. The molecular formula is C33H39N3O8S2. The molecule has 0 spiro atoms. The lowest BCUT2D eigenvalue weighted by Crippen LogP contribution is -2.51. The van der Waals surface area contributed by atoms with E-state index in [2.05, 4.69) is 15.4 Å². The van der Waals surface area contributed by atoms with Crippen LogP contribution in [0, 0.1) is 0 Å². The second kappa shape index (κ2) is 16.9. The molecule has 3 aromatic rings. The van der Waals surface area contributed by atoms with Crippen LogP contribution in [0.15, 0.2) is 84.9 Å². The lowest BCUT2D eigenvalue weighted by atomic mass is 10.1. The van der Waals surface area contributed by atoms with Gasteiger partial charge in [0.05, 0.1) is 11.1 Å². The minimum atomic E-state index is -3.97. The van der Waals surface area contributed by atoms with Crippen molar-refractivity contribution in [1.29, 1.82) is 0 Å². The van der Waals surface area contributed by atoms with Crippen LogP contribution in [0.1, 0.15) is 49.2 Å². The Morgan fingerprint density at radius 3 is 2.04 bits per heavy atom. The normalized spacial score (nSPS) is 12.8. The van der Waals surface area contributed by atoms with E-state index in [9.17, 15) is 27.6 Å². The Kier molecular flexibility index (Phi) is 13.3. The molecule has 0 saturated heterocycles. The largest absolute Gasteiger partial charge is 0.482 e. The summed E-state index contributed by atoms with van der Waals surface area (Å²) in [5.41, 5.74) is 0.937. The third-order valence-corrected chi connectivity index (χ3v) is 8.44. The number of esters is 1. The zero-order valence-corrected chi connectivity index (χ0v) is 27.8. The summed E-state index contributed by atoms with van der Waals surface area (Å²) in [7, 11) is -3.97. The Morgan fingerprint density at radius 2 is 1.46 bits per heavy atom. The summed E-state index contributed by atoms with van der Waals surface area (Å²) in [5.74, 6) is -1.53. The van der Waals surface area contributed by atoms with Gasteiger partial charge < -0.3 is 20.1 Å². The molecule has 3 rings (SSSR count). The molecule has 0 heterocycles. The quantitative estimate of drug-likeness (QED) is 0.163. The molecule has 0 aromatic heterocycles. The van der Waals surface area contributed by atoms with Crippen LogP contribution in [0.4, 0.5) is 0 Å². The summed E-state index contributed by atoms with van der Waals surface area (Å²) in [6, 6.07) is 22.3. The number of carbonyl (C=O) groups excluding carboxylic acids is 4. The van der Waals surface area contributed by atoms with Crippen LogP contribution in [0.5, 0.6) is 5.75 Å². The number of nitrogens with one attached hydrogen (secondary N) is 3. The smallest absolute Gasteiger partial charge is 0.344 e. The maximum atomic E-state index is 13.5. The molecule has 0 aliphatic rings. The molecule has 0 radical (unpaired) electrons. The van der Waals surface area contributed by atoms with Crippen molar-refractivity contribution in [2.24, 2.45) is 0 Å². The van der Waals surface area contributed by atoms with Crippen LogP contribution in [-0.4, -0.2) is 61.5 Å². The van der Waals surface area contributed by atoms with Gasteiger partial charge in [-0.05, 0) is 50.5 Å². The predicted octanol–water partition coefficient (Wildman–Crippen LogP) is 3.59. The van der Waals surface area contributed by atoms with Gasteiger partial charge in [-0.25, -0.2) is 17.9 Å². The molecule has 0 bridgehead atoms. The highest BCUT2D eigenvalue weighted by Gasteiger charge is 2.27. The van der Waals surface area contributed by atoms with Crippen molar-refractivity contribution in [2.45, 2.75) is 56.9 Å². The van der Waals surface area contributed by atoms with Crippen LogP contribution in [0.2, 0.25) is 0 Å². The van der Waals surface area contributed by atoms with E-state index in [1.54, 1.807) is 106 Å². The minimum absolute atomic E-state index is 0.0207. The highest BCUT2D eigenvalue weighted by molar-refractivity contribution is 8.14. The third-order valence-electron chi connectivity index (χ3n) is 6.06. The van der Waals surface area contributed by atoms with E-state index in [0.717, 1.165) is 11.8 Å². The Morgan fingerprint density at radius 1 is 0.848 bits per heavy atom. The Hall–Kier alpha value is -4.20. The van der Waals surface area contributed by atoms with E-state index in [1.807, 2.05) is 0 Å². The highest BCUT2D eigenvalue weighted by Crippen LogP contribution is 2.18. The SMILES string of the molecule is CC(=O)NC(CNC(=O)[C@H](Cc1ccc(OCC(=O)OC(C)(C)C)cc1)NS(=O)(=O)Cc1ccccc1)SC(=O)c1ccccc1. The Bertz CT molecular complexity index is 1580. The van der Waals surface area contributed by atoms with Crippen molar-refractivity contribution in [3.8, 4) is 5.75 Å². The van der Waals surface area contributed by atoms with Crippen molar-refractivity contribution in [3.05, 3.63) is 102 Å². The predicted molar refractivity (Wildman–Crippen MR) is 176 cm³/mol. The monoisotopic (exact) mass is 669 g/mol. The van der Waals surface area contributed by atoms with Gasteiger partial charge in [-0.3, -0.25) is 14.4 Å². The lowest BCUT2D eigenvalue weighted by Gasteiger charge is -2.22. The summed E-state index contributed by atoms with van der Waals surface area (Å²) in [4.78, 5) is 50.1. The van der Waals surface area contributed by atoms with Gasteiger partial charge >= 0.3 is 5.97 Å². The van der Waals surface area contributed by atoms with Gasteiger partial charge in [-0.15, -0.1) is 0 Å². The van der Waals surface area contributed by atoms with Gasteiger partial charge in [0.15, 0.2) is 6.61 Å². The van der Waals surface area contributed by atoms with Crippen LogP contribution >= 0.6 is 11.8 Å². The molecule has 3 aromatic carbocycles. The van der Waals surface area contributed by atoms with Gasteiger partial charge in [-0.2, -0.15) is 0 Å². The number of carbonyl (C=O) groups is 4. The molecule has 246 valence electrons. The fourth-order valence-corrected chi connectivity index (χ4v) is 6.41. The minimum Gasteiger partial charge on any atom is -0.482 e. The number of thioether (sulfide) groups is 1. The average molecular weight is 670 g/mol. The summed E-state index contributed by atoms with van der Waals surface area (Å²) in [6.07, 6.45) is -0.0207. The number of sulfonamides is 1. The molecule has 0 fully saturated rings. The zero-order chi connectivity index (χ0) is 33.7. The number of ether oxygens (including phenoxy) is 2. The maximum absolute atomic E-state index is 13.5. The summed E-state index contributed by atoms with van der Waals surface area (Å²) in [6.45, 7) is 6.12. The fourth-order valence-electron chi connectivity index (χ4n) is 4.15. The second-order valence-corrected chi connectivity index (χ2v) is 14.3. The van der Waals surface area contributed by atoms with Crippen LogP contribution in [0.3, 0.4) is 0 Å². The van der Waals surface area contributed by atoms with Crippen molar-refractivity contribution < 1.29 is 37.1 Å². The summed E-state index contributed by atoms with van der Waals surface area (Å²) in [5, 5.41) is 4.22. The first-order chi connectivity index (χ1) is 21.7. The van der Waals surface area contributed by atoms with Crippen LogP contribution < -0.4 is 20.1 Å². The highest BCUT2D eigenvalue weighted by atomic mass is 32.2. The molecule has 2 amide bonds. The van der Waals surface area contributed by atoms with Gasteiger partial charge in [0.2, 0.25) is 27.0 Å². The van der Waals surface area contributed by atoms with E-state index in [1.165, 1.54) is 6.92 Å². The Balaban J connectivity index is 1.72. The lowest BCUT2D eigenvalue weighted by molar-refractivity contribution is -0.157. The molecule has 2 atom stereocenters. The number of benzene rings is 3. The Labute approximate surface area is 273 Å². The molecule has 0 saturated carbocycles.